The minimum Gasteiger partial charge on any atom is -0.394 e. The van der Waals surface area contributed by atoms with Crippen molar-refractivity contribution in [3.8, 4) is 0 Å². The van der Waals surface area contributed by atoms with E-state index in [-0.39, 0.29) is 12.5 Å². The van der Waals surface area contributed by atoms with Gasteiger partial charge in [0.1, 0.15) is 6.04 Å². The zero-order valence-electron chi connectivity index (χ0n) is 7.00. The fourth-order valence-corrected chi connectivity index (χ4v) is 0.519. The van der Waals surface area contributed by atoms with E-state index in [9.17, 15) is 4.79 Å². The van der Waals surface area contributed by atoms with E-state index in [0.717, 1.165) is 0 Å². The second-order valence-corrected chi connectivity index (χ2v) is 2.93. The van der Waals surface area contributed by atoms with E-state index in [2.05, 4.69) is 5.32 Å². The van der Waals surface area contributed by atoms with Gasteiger partial charge >= 0.3 is 0 Å². The van der Waals surface area contributed by atoms with Crippen LogP contribution in [0.25, 0.3) is 0 Å². The van der Waals surface area contributed by atoms with Crippen LogP contribution in [0, 0.1) is 5.92 Å². The Hall–Kier alpha value is -0.610. The standard InChI is InChI=1S/C7H16N2O2/c1-5(2)3-9-7(11)6(8)4-10/h5-6,10H,3-4,8H2,1-2H3,(H,9,11)/t6-/m1/s1. The van der Waals surface area contributed by atoms with Crippen LogP contribution in [0.4, 0.5) is 0 Å². The Labute approximate surface area is 66.8 Å². The van der Waals surface area contributed by atoms with E-state index >= 15 is 0 Å². The molecule has 0 unspecified atom stereocenters. The molecule has 0 aliphatic carbocycles. The number of aliphatic hydroxyl groups is 1. The molecule has 0 aromatic rings. The molecule has 0 aromatic heterocycles. The summed E-state index contributed by atoms with van der Waals surface area (Å²) in [6.45, 7) is 4.28. The number of nitrogens with one attached hydrogen (secondary N) is 1. The summed E-state index contributed by atoms with van der Waals surface area (Å²) in [6.07, 6.45) is 0. The Bertz CT molecular complexity index is 126. The highest BCUT2D eigenvalue weighted by Crippen LogP contribution is 1.87. The Kier molecular flexibility index (Phi) is 4.81. The summed E-state index contributed by atoms with van der Waals surface area (Å²) in [5.74, 6) is 0.117. The molecule has 0 saturated carbocycles. The number of aliphatic hydroxyl groups excluding tert-OH is 1. The normalized spacial score (nSPS) is 13.2. The average molecular weight is 160 g/mol. The van der Waals surface area contributed by atoms with Gasteiger partial charge in [0.25, 0.3) is 0 Å². The summed E-state index contributed by atoms with van der Waals surface area (Å²) in [5.41, 5.74) is 5.24. The first kappa shape index (κ1) is 10.4. The molecule has 4 nitrogen and oxygen atoms in total. The van der Waals surface area contributed by atoms with Gasteiger partial charge in [-0.3, -0.25) is 4.79 Å². The highest BCUT2D eigenvalue weighted by atomic mass is 16.3. The van der Waals surface area contributed by atoms with E-state index < -0.39 is 6.04 Å². The van der Waals surface area contributed by atoms with Gasteiger partial charge in [0.2, 0.25) is 5.91 Å². The third kappa shape index (κ3) is 4.75. The van der Waals surface area contributed by atoms with Crippen LogP contribution in [-0.2, 0) is 4.79 Å². The van der Waals surface area contributed by atoms with Crippen LogP contribution in [0.3, 0.4) is 0 Å². The molecule has 0 aliphatic rings. The van der Waals surface area contributed by atoms with Gasteiger partial charge in [0.05, 0.1) is 6.61 Å². The van der Waals surface area contributed by atoms with Crippen LogP contribution in [0.5, 0.6) is 0 Å². The molecule has 1 atom stereocenters. The predicted molar refractivity (Wildman–Crippen MR) is 42.9 cm³/mol. The van der Waals surface area contributed by atoms with Crippen LogP contribution in [-0.4, -0.2) is 30.2 Å². The minimum absolute atomic E-state index is 0.291. The Balaban J connectivity index is 3.52. The molecule has 1 amide bonds. The fraction of sp³-hybridized carbons (Fsp3) is 0.857. The van der Waals surface area contributed by atoms with E-state index in [1.54, 1.807) is 0 Å². The summed E-state index contributed by atoms with van der Waals surface area (Å²) < 4.78 is 0. The Morgan fingerprint density at radius 1 is 1.64 bits per heavy atom. The Morgan fingerprint density at radius 3 is 2.55 bits per heavy atom. The number of nitrogens with two attached hydrogens (primary N) is 1. The molecule has 4 heteroatoms. The van der Waals surface area contributed by atoms with Crippen molar-refractivity contribution in [2.75, 3.05) is 13.2 Å². The summed E-state index contributed by atoms with van der Waals surface area (Å²) in [5, 5.41) is 11.1. The summed E-state index contributed by atoms with van der Waals surface area (Å²) in [6, 6.07) is -0.784. The molecule has 0 rings (SSSR count). The maximum atomic E-state index is 10.9. The van der Waals surface area contributed by atoms with Crippen molar-refractivity contribution in [2.24, 2.45) is 11.7 Å². The molecular weight excluding hydrogens is 144 g/mol. The van der Waals surface area contributed by atoms with E-state index in [4.69, 9.17) is 10.8 Å². The topological polar surface area (TPSA) is 75.4 Å². The lowest BCUT2D eigenvalue weighted by Gasteiger charge is -2.10. The second kappa shape index (κ2) is 5.09. The van der Waals surface area contributed by atoms with Gasteiger partial charge in [0.15, 0.2) is 0 Å². The molecule has 0 radical (unpaired) electrons. The van der Waals surface area contributed by atoms with E-state index in [1.165, 1.54) is 0 Å². The largest absolute Gasteiger partial charge is 0.394 e. The highest BCUT2D eigenvalue weighted by Gasteiger charge is 2.10. The molecule has 0 bridgehead atoms. The summed E-state index contributed by atoms with van der Waals surface area (Å²) in [7, 11) is 0. The monoisotopic (exact) mass is 160 g/mol. The smallest absolute Gasteiger partial charge is 0.239 e. The number of rotatable bonds is 4. The van der Waals surface area contributed by atoms with Crippen molar-refractivity contribution in [1.82, 2.24) is 5.32 Å². The molecule has 0 fully saturated rings. The minimum atomic E-state index is -0.784. The predicted octanol–water partition coefficient (Wildman–Crippen LogP) is -0.922. The molecule has 0 spiro atoms. The quantitative estimate of drug-likeness (QED) is 0.498. The summed E-state index contributed by atoms with van der Waals surface area (Å²) in [4.78, 5) is 10.9. The first-order valence-corrected chi connectivity index (χ1v) is 3.72. The van der Waals surface area contributed by atoms with Crippen LogP contribution < -0.4 is 11.1 Å². The number of carbonyl (C=O) groups excluding carboxylic acids is 1. The second-order valence-electron chi connectivity index (χ2n) is 2.93. The number of hydrogen-bond donors (Lipinski definition) is 3. The molecule has 11 heavy (non-hydrogen) atoms. The fourth-order valence-electron chi connectivity index (χ4n) is 0.519. The number of amides is 1. The van der Waals surface area contributed by atoms with E-state index in [0.29, 0.717) is 12.5 Å². The van der Waals surface area contributed by atoms with Crippen molar-refractivity contribution >= 4 is 5.91 Å². The molecule has 0 aromatic carbocycles. The maximum Gasteiger partial charge on any atom is 0.239 e. The van der Waals surface area contributed by atoms with Crippen LogP contribution >= 0.6 is 0 Å². The van der Waals surface area contributed by atoms with Crippen LogP contribution in [0.15, 0.2) is 0 Å². The highest BCUT2D eigenvalue weighted by molar-refractivity contribution is 5.81. The van der Waals surface area contributed by atoms with Gasteiger partial charge in [-0.2, -0.15) is 0 Å². The average Bonchev–Trinajstić information content (AvgIpc) is 1.98. The lowest BCUT2D eigenvalue weighted by molar-refractivity contribution is -0.123. The molecule has 66 valence electrons. The van der Waals surface area contributed by atoms with Gasteiger partial charge in [-0.05, 0) is 5.92 Å². The van der Waals surface area contributed by atoms with Crippen molar-refractivity contribution in [1.29, 1.82) is 0 Å². The first-order valence-electron chi connectivity index (χ1n) is 3.72. The van der Waals surface area contributed by atoms with Gasteiger partial charge in [-0.1, -0.05) is 13.8 Å². The van der Waals surface area contributed by atoms with E-state index in [1.807, 2.05) is 13.8 Å². The van der Waals surface area contributed by atoms with Gasteiger partial charge < -0.3 is 16.2 Å². The molecule has 0 heterocycles. The third-order valence-electron chi connectivity index (χ3n) is 1.22. The zero-order chi connectivity index (χ0) is 8.85. The molecule has 0 aliphatic heterocycles. The van der Waals surface area contributed by atoms with Crippen LogP contribution in [0.2, 0.25) is 0 Å². The summed E-state index contributed by atoms with van der Waals surface area (Å²) >= 11 is 0. The van der Waals surface area contributed by atoms with Crippen molar-refractivity contribution < 1.29 is 9.90 Å². The maximum absolute atomic E-state index is 10.9. The van der Waals surface area contributed by atoms with Crippen molar-refractivity contribution in [3.63, 3.8) is 0 Å². The van der Waals surface area contributed by atoms with Crippen molar-refractivity contribution in [3.05, 3.63) is 0 Å². The number of hydrogen-bond acceptors (Lipinski definition) is 3. The number of carbonyl (C=O) groups is 1. The lowest BCUT2D eigenvalue weighted by atomic mass is 10.2. The van der Waals surface area contributed by atoms with Gasteiger partial charge in [-0.25, -0.2) is 0 Å². The molecule has 0 saturated heterocycles. The third-order valence-corrected chi connectivity index (χ3v) is 1.22. The van der Waals surface area contributed by atoms with Gasteiger partial charge in [0, 0.05) is 6.54 Å². The zero-order valence-corrected chi connectivity index (χ0v) is 7.00. The van der Waals surface area contributed by atoms with Gasteiger partial charge in [-0.15, -0.1) is 0 Å². The van der Waals surface area contributed by atoms with Crippen molar-refractivity contribution in [2.45, 2.75) is 19.9 Å². The lowest BCUT2D eigenvalue weighted by Crippen LogP contribution is -2.44. The molecule has 4 N–H and O–H groups in total. The molecular formula is C7H16N2O2. The first-order chi connectivity index (χ1) is 5.07. The SMILES string of the molecule is CC(C)CNC(=O)[C@H](N)CO. The Morgan fingerprint density at radius 2 is 2.18 bits per heavy atom. The van der Waals surface area contributed by atoms with Crippen LogP contribution in [0.1, 0.15) is 13.8 Å².